The molecule has 0 aliphatic heterocycles. The summed E-state index contributed by atoms with van der Waals surface area (Å²) in [5.41, 5.74) is 2.63. The molecule has 0 saturated heterocycles. The van der Waals surface area contributed by atoms with E-state index < -0.39 is 0 Å². The van der Waals surface area contributed by atoms with Crippen molar-refractivity contribution >= 4 is 10.9 Å². The molecule has 0 radical (unpaired) electrons. The summed E-state index contributed by atoms with van der Waals surface area (Å²) in [6.07, 6.45) is 3.48. The Morgan fingerprint density at radius 1 is 1.10 bits per heavy atom. The Morgan fingerprint density at radius 2 is 1.86 bits per heavy atom. The molecular formula is C19H28N2. The number of pyridine rings is 1. The summed E-state index contributed by atoms with van der Waals surface area (Å²) in [6.45, 7) is 10.2. The molecule has 114 valence electrons. The van der Waals surface area contributed by atoms with Crippen LogP contribution in [-0.2, 0) is 0 Å². The monoisotopic (exact) mass is 284 g/mol. The number of hydrogen-bond acceptors (Lipinski definition) is 2. The van der Waals surface area contributed by atoms with Crippen molar-refractivity contribution in [1.82, 2.24) is 10.3 Å². The molecule has 0 bridgehead atoms. The van der Waals surface area contributed by atoms with Crippen LogP contribution in [0.2, 0.25) is 0 Å². The fourth-order valence-electron chi connectivity index (χ4n) is 2.53. The van der Waals surface area contributed by atoms with Crippen molar-refractivity contribution in [3.63, 3.8) is 0 Å². The molecular weight excluding hydrogens is 256 g/mol. The Bertz CT molecular complexity index is 569. The predicted molar refractivity (Wildman–Crippen MR) is 91.5 cm³/mol. The number of para-hydroxylation sites is 1. The Balaban J connectivity index is 2.20. The predicted octanol–water partition coefficient (Wildman–Crippen LogP) is 5.10. The quantitative estimate of drug-likeness (QED) is 0.798. The summed E-state index contributed by atoms with van der Waals surface area (Å²) in [6, 6.07) is 13.1. The van der Waals surface area contributed by atoms with Gasteiger partial charge in [-0.2, -0.15) is 0 Å². The van der Waals surface area contributed by atoms with Crippen LogP contribution < -0.4 is 5.32 Å². The number of fused-ring (bicyclic) bond motifs is 1. The minimum atomic E-state index is 0.355. The van der Waals surface area contributed by atoms with Gasteiger partial charge in [-0.1, -0.05) is 52.0 Å². The van der Waals surface area contributed by atoms with E-state index in [1.54, 1.807) is 0 Å². The normalized spacial score (nSPS) is 13.5. The van der Waals surface area contributed by atoms with Gasteiger partial charge in [0.15, 0.2) is 0 Å². The highest BCUT2D eigenvalue weighted by molar-refractivity contribution is 5.78. The number of aromatic nitrogens is 1. The SMILES string of the molecule is CCCNC(CCC(C)(C)C)c1ccc2ccccc2n1. The van der Waals surface area contributed by atoms with Gasteiger partial charge in [0.1, 0.15) is 0 Å². The molecule has 0 amide bonds. The number of hydrogen-bond donors (Lipinski definition) is 1. The van der Waals surface area contributed by atoms with Gasteiger partial charge in [0.25, 0.3) is 0 Å². The molecule has 0 saturated carbocycles. The van der Waals surface area contributed by atoms with Gasteiger partial charge in [-0.15, -0.1) is 0 Å². The lowest BCUT2D eigenvalue weighted by Gasteiger charge is -2.24. The van der Waals surface area contributed by atoms with Crippen molar-refractivity contribution in [2.75, 3.05) is 6.54 Å². The second-order valence-corrected chi connectivity index (χ2v) is 7.03. The van der Waals surface area contributed by atoms with E-state index in [0.717, 1.165) is 24.9 Å². The molecule has 1 N–H and O–H groups in total. The summed E-state index contributed by atoms with van der Waals surface area (Å²) in [5, 5.41) is 4.87. The molecule has 1 heterocycles. The van der Waals surface area contributed by atoms with E-state index in [-0.39, 0.29) is 0 Å². The maximum absolute atomic E-state index is 4.87. The number of benzene rings is 1. The molecule has 2 rings (SSSR count). The van der Waals surface area contributed by atoms with Gasteiger partial charge in [0, 0.05) is 11.4 Å². The first kappa shape index (κ1) is 16.0. The zero-order valence-electron chi connectivity index (χ0n) is 13.8. The van der Waals surface area contributed by atoms with Gasteiger partial charge in [0.2, 0.25) is 0 Å². The Labute approximate surface area is 129 Å². The molecule has 2 aromatic rings. The summed E-state index contributed by atoms with van der Waals surface area (Å²) < 4.78 is 0. The van der Waals surface area contributed by atoms with E-state index in [2.05, 4.69) is 69.4 Å². The molecule has 1 unspecified atom stereocenters. The maximum atomic E-state index is 4.87. The molecule has 0 fully saturated rings. The maximum Gasteiger partial charge on any atom is 0.0706 e. The van der Waals surface area contributed by atoms with Crippen LogP contribution in [0.15, 0.2) is 36.4 Å². The first-order valence-electron chi connectivity index (χ1n) is 8.09. The number of nitrogens with one attached hydrogen (secondary N) is 1. The molecule has 0 aliphatic carbocycles. The average Bonchev–Trinajstić information content (AvgIpc) is 2.46. The van der Waals surface area contributed by atoms with Crippen LogP contribution in [0.3, 0.4) is 0 Å². The van der Waals surface area contributed by atoms with E-state index >= 15 is 0 Å². The molecule has 21 heavy (non-hydrogen) atoms. The second kappa shape index (κ2) is 7.04. The van der Waals surface area contributed by atoms with Crippen LogP contribution in [0, 0.1) is 5.41 Å². The van der Waals surface area contributed by atoms with Crippen molar-refractivity contribution in [3.8, 4) is 0 Å². The largest absolute Gasteiger partial charge is 0.309 e. The van der Waals surface area contributed by atoms with E-state index in [4.69, 9.17) is 4.98 Å². The zero-order chi connectivity index (χ0) is 15.3. The first-order valence-corrected chi connectivity index (χ1v) is 8.09. The van der Waals surface area contributed by atoms with Gasteiger partial charge >= 0.3 is 0 Å². The molecule has 2 heteroatoms. The lowest BCUT2D eigenvalue weighted by Crippen LogP contribution is -2.24. The van der Waals surface area contributed by atoms with Crippen LogP contribution >= 0.6 is 0 Å². The summed E-state index contributed by atoms with van der Waals surface area (Å²) in [5.74, 6) is 0. The van der Waals surface area contributed by atoms with Crippen LogP contribution in [0.1, 0.15) is 58.7 Å². The Morgan fingerprint density at radius 3 is 2.57 bits per heavy atom. The van der Waals surface area contributed by atoms with Gasteiger partial charge in [-0.25, -0.2) is 0 Å². The van der Waals surface area contributed by atoms with Crippen LogP contribution in [0.4, 0.5) is 0 Å². The zero-order valence-corrected chi connectivity index (χ0v) is 13.8. The fourth-order valence-corrected chi connectivity index (χ4v) is 2.53. The van der Waals surface area contributed by atoms with E-state index in [1.165, 1.54) is 17.5 Å². The van der Waals surface area contributed by atoms with Crippen LogP contribution in [0.5, 0.6) is 0 Å². The average molecular weight is 284 g/mol. The minimum Gasteiger partial charge on any atom is -0.309 e. The molecule has 1 aromatic carbocycles. The van der Waals surface area contributed by atoms with Crippen molar-refractivity contribution in [2.24, 2.45) is 5.41 Å². The minimum absolute atomic E-state index is 0.355. The molecule has 2 nitrogen and oxygen atoms in total. The molecule has 0 spiro atoms. The summed E-state index contributed by atoms with van der Waals surface area (Å²) >= 11 is 0. The Hall–Kier alpha value is -1.41. The standard InChI is InChI=1S/C19H28N2/c1-5-14-20-17(12-13-19(2,3)4)18-11-10-15-8-6-7-9-16(15)21-18/h6-11,17,20H,5,12-14H2,1-4H3. The van der Waals surface area contributed by atoms with E-state index in [0.29, 0.717) is 11.5 Å². The third kappa shape index (κ3) is 4.82. The second-order valence-electron chi connectivity index (χ2n) is 7.03. The van der Waals surface area contributed by atoms with E-state index in [9.17, 15) is 0 Å². The lowest BCUT2D eigenvalue weighted by molar-refractivity contribution is 0.330. The molecule has 0 aliphatic rings. The Kier molecular flexibility index (Phi) is 5.35. The highest BCUT2D eigenvalue weighted by atomic mass is 14.9. The van der Waals surface area contributed by atoms with Crippen molar-refractivity contribution in [2.45, 2.75) is 53.0 Å². The third-order valence-electron chi connectivity index (χ3n) is 3.80. The van der Waals surface area contributed by atoms with Crippen molar-refractivity contribution in [3.05, 3.63) is 42.1 Å². The van der Waals surface area contributed by atoms with Gasteiger partial charge in [-0.3, -0.25) is 4.98 Å². The van der Waals surface area contributed by atoms with Gasteiger partial charge in [0.05, 0.1) is 11.2 Å². The highest BCUT2D eigenvalue weighted by Gasteiger charge is 2.17. The lowest BCUT2D eigenvalue weighted by atomic mass is 9.88. The third-order valence-corrected chi connectivity index (χ3v) is 3.80. The molecule has 1 aromatic heterocycles. The summed E-state index contributed by atoms with van der Waals surface area (Å²) in [4.78, 5) is 4.87. The first-order chi connectivity index (χ1) is 9.99. The van der Waals surface area contributed by atoms with Crippen molar-refractivity contribution in [1.29, 1.82) is 0 Å². The highest BCUT2D eigenvalue weighted by Crippen LogP contribution is 2.27. The topological polar surface area (TPSA) is 24.9 Å². The van der Waals surface area contributed by atoms with Crippen molar-refractivity contribution < 1.29 is 0 Å². The van der Waals surface area contributed by atoms with Gasteiger partial charge in [-0.05, 0) is 43.4 Å². The molecule has 1 atom stereocenters. The number of nitrogens with zero attached hydrogens (tertiary/aromatic N) is 1. The van der Waals surface area contributed by atoms with Crippen LogP contribution in [-0.4, -0.2) is 11.5 Å². The smallest absolute Gasteiger partial charge is 0.0706 e. The number of rotatable bonds is 6. The summed E-state index contributed by atoms with van der Waals surface area (Å²) in [7, 11) is 0. The van der Waals surface area contributed by atoms with Crippen LogP contribution in [0.25, 0.3) is 10.9 Å². The van der Waals surface area contributed by atoms with Gasteiger partial charge < -0.3 is 5.32 Å². The van der Waals surface area contributed by atoms with E-state index in [1.807, 2.05) is 0 Å². The fraction of sp³-hybridized carbons (Fsp3) is 0.526.